The average molecular weight is 923 g/mol. The Morgan fingerprint density at radius 3 is 0.764 bits per heavy atom. The van der Waals surface area contributed by atoms with Gasteiger partial charge in [-0.15, -0.1) is 0 Å². The molecule has 1 heteroatoms. The first kappa shape index (κ1) is 44.6. The maximum atomic E-state index is 8.05. The molecule has 0 spiro atoms. The van der Waals surface area contributed by atoms with Crippen LogP contribution >= 0.6 is 0 Å². The summed E-state index contributed by atoms with van der Waals surface area (Å²) in [4.78, 5) is 0. The molecule has 0 saturated heterocycles. The number of rotatable bonds is 11. The highest BCUT2D eigenvalue weighted by molar-refractivity contribution is 6.19. The van der Waals surface area contributed by atoms with E-state index in [0.29, 0.717) is 6.61 Å². The van der Waals surface area contributed by atoms with E-state index in [2.05, 4.69) is 282 Å². The first-order chi connectivity index (χ1) is 35.6. The third-order valence-electron chi connectivity index (χ3n) is 14.6. The van der Waals surface area contributed by atoms with Crippen molar-refractivity contribution in [2.45, 2.75) is 26.4 Å². The van der Waals surface area contributed by atoms with Gasteiger partial charge in [0.15, 0.2) is 0 Å². The molecular formula is C71H54O. The summed E-state index contributed by atoms with van der Waals surface area (Å²) < 4.78 is 8.05. The predicted octanol–water partition coefficient (Wildman–Crippen LogP) is 18.9. The van der Waals surface area contributed by atoms with E-state index in [0.717, 1.165) is 72.3 Å². The van der Waals surface area contributed by atoms with E-state index in [9.17, 15) is 0 Å². The SMILES string of the molecule is CCOC1(c2ccccc2)c2c(-c3ccccc3)c(-c3ccccc3)c(-c3ccccc3)c(-c3ccccc3)c2-c2c(-c3ccc(C)cc3)c(-c3ccccc3)c(-c3ccccc3)c(-c3ccc(C)cc3)c21. The molecule has 1 unspecified atom stereocenters. The van der Waals surface area contributed by atoms with Gasteiger partial charge in [-0.2, -0.15) is 0 Å². The Bertz CT molecular complexity index is 3680. The van der Waals surface area contributed by atoms with E-state index in [1.54, 1.807) is 0 Å². The van der Waals surface area contributed by atoms with Gasteiger partial charge in [0, 0.05) is 17.7 Å². The summed E-state index contributed by atoms with van der Waals surface area (Å²) in [7, 11) is 0. The molecule has 1 atom stereocenters. The van der Waals surface area contributed by atoms with Crippen LogP contribution in [0.2, 0.25) is 0 Å². The molecular weight excluding hydrogens is 869 g/mol. The van der Waals surface area contributed by atoms with Crippen LogP contribution in [0.15, 0.2) is 261 Å². The second kappa shape index (κ2) is 18.9. The van der Waals surface area contributed by atoms with Gasteiger partial charge in [-0.3, -0.25) is 0 Å². The quantitative estimate of drug-likeness (QED) is 0.126. The first-order valence-corrected chi connectivity index (χ1v) is 25.2. The van der Waals surface area contributed by atoms with E-state index >= 15 is 0 Å². The lowest BCUT2D eigenvalue weighted by Gasteiger charge is -2.38. The van der Waals surface area contributed by atoms with Crippen molar-refractivity contribution < 1.29 is 4.74 Å². The fourth-order valence-electron chi connectivity index (χ4n) is 11.6. The molecule has 0 N–H and O–H groups in total. The molecule has 12 rings (SSSR count). The lowest BCUT2D eigenvalue weighted by molar-refractivity contribution is 0.0259. The second-order valence-electron chi connectivity index (χ2n) is 18.9. The fraction of sp³-hybridized carbons (Fsp3) is 0.0704. The first-order valence-electron chi connectivity index (χ1n) is 25.2. The van der Waals surface area contributed by atoms with Gasteiger partial charge in [0.25, 0.3) is 0 Å². The van der Waals surface area contributed by atoms with Crippen LogP contribution in [0.1, 0.15) is 34.7 Å². The number of aryl methyl sites for hydroxylation is 2. The van der Waals surface area contributed by atoms with Gasteiger partial charge < -0.3 is 4.74 Å². The largest absolute Gasteiger partial charge is 0.361 e. The minimum atomic E-state index is -1.16. The summed E-state index contributed by atoms with van der Waals surface area (Å²) >= 11 is 0. The molecule has 0 heterocycles. The molecule has 0 amide bonds. The molecule has 0 aliphatic heterocycles. The Hall–Kier alpha value is -8.62. The normalized spacial score (nSPS) is 13.7. The number of hydrogen-bond acceptors (Lipinski definition) is 1. The standard InChI is InChI=1S/C71H54O/c1-4-72-71(58-38-24-11-25-39-58)69-65(55-36-22-10-23-37-55)61(52-30-16-7-17-31-52)59(50-26-12-5-13-27-50)63(54-34-20-9-21-35-54)67(69)68-64(56-44-40-48(2)41-45-56)60(51-28-14-6-15-29-51)62(53-32-18-8-19-33-53)66(70(68)71)57-46-42-49(3)43-47-57/h5-47H,4H2,1-3H3. The highest BCUT2D eigenvalue weighted by atomic mass is 16.5. The zero-order valence-corrected chi connectivity index (χ0v) is 40.9. The summed E-state index contributed by atoms with van der Waals surface area (Å²) in [5.41, 5.74) is 25.4. The van der Waals surface area contributed by atoms with Gasteiger partial charge in [-0.05, 0) is 126 Å². The van der Waals surface area contributed by atoms with Gasteiger partial charge in [-0.1, -0.05) is 272 Å². The molecule has 11 aromatic carbocycles. The Balaban J connectivity index is 1.49. The van der Waals surface area contributed by atoms with E-state index < -0.39 is 5.60 Å². The van der Waals surface area contributed by atoms with Crippen LogP contribution in [0.5, 0.6) is 0 Å². The summed E-state index contributed by atoms with van der Waals surface area (Å²) in [6.45, 7) is 6.98. The number of ether oxygens (including phenoxy) is 1. The maximum absolute atomic E-state index is 8.05. The molecule has 344 valence electrons. The third-order valence-corrected chi connectivity index (χ3v) is 14.6. The van der Waals surface area contributed by atoms with Crippen LogP contribution in [-0.4, -0.2) is 6.61 Å². The molecule has 0 fully saturated rings. The van der Waals surface area contributed by atoms with Crippen molar-refractivity contribution in [3.63, 3.8) is 0 Å². The maximum Gasteiger partial charge on any atom is 0.146 e. The van der Waals surface area contributed by atoms with Crippen LogP contribution in [0.3, 0.4) is 0 Å². The minimum absolute atomic E-state index is 0.443. The molecule has 0 aromatic heterocycles. The van der Waals surface area contributed by atoms with Crippen molar-refractivity contribution in [1.29, 1.82) is 0 Å². The lowest BCUT2D eigenvalue weighted by atomic mass is 9.72. The molecule has 0 saturated carbocycles. The van der Waals surface area contributed by atoms with Gasteiger partial charge in [0.05, 0.1) is 0 Å². The topological polar surface area (TPSA) is 9.23 Å². The fourth-order valence-corrected chi connectivity index (χ4v) is 11.6. The van der Waals surface area contributed by atoms with E-state index in [4.69, 9.17) is 4.74 Å². The zero-order chi connectivity index (χ0) is 48.6. The van der Waals surface area contributed by atoms with Crippen molar-refractivity contribution in [2.75, 3.05) is 6.61 Å². The monoisotopic (exact) mass is 922 g/mol. The molecule has 1 aliphatic rings. The Morgan fingerprint density at radius 2 is 0.472 bits per heavy atom. The van der Waals surface area contributed by atoms with Gasteiger partial charge in [-0.25, -0.2) is 0 Å². The van der Waals surface area contributed by atoms with Crippen LogP contribution in [0.4, 0.5) is 0 Å². The Morgan fingerprint density at radius 1 is 0.250 bits per heavy atom. The van der Waals surface area contributed by atoms with E-state index in [-0.39, 0.29) is 0 Å². The number of hydrogen-bond donors (Lipinski definition) is 0. The lowest BCUT2D eigenvalue weighted by Crippen LogP contribution is -2.32. The third kappa shape index (κ3) is 7.44. The smallest absolute Gasteiger partial charge is 0.146 e. The molecule has 0 radical (unpaired) electrons. The average Bonchev–Trinajstić information content (AvgIpc) is 3.74. The van der Waals surface area contributed by atoms with Crippen LogP contribution in [0, 0.1) is 13.8 Å². The van der Waals surface area contributed by atoms with Crippen molar-refractivity contribution in [3.05, 3.63) is 289 Å². The van der Waals surface area contributed by atoms with Crippen molar-refractivity contribution in [3.8, 4) is 100 Å². The van der Waals surface area contributed by atoms with Crippen molar-refractivity contribution in [2.24, 2.45) is 0 Å². The van der Waals surface area contributed by atoms with Gasteiger partial charge >= 0.3 is 0 Å². The summed E-state index contributed by atoms with van der Waals surface area (Å²) in [5.74, 6) is 0. The van der Waals surface area contributed by atoms with Gasteiger partial charge in [0.1, 0.15) is 5.60 Å². The van der Waals surface area contributed by atoms with Crippen LogP contribution in [-0.2, 0) is 10.3 Å². The zero-order valence-electron chi connectivity index (χ0n) is 40.9. The van der Waals surface area contributed by atoms with E-state index in [1.807, 2.05) is 0 Å². The van der Waals surface area contributed by atoms with Crippen molar-refractivity contribution in [1.82, 2.24) is 0 Å². The summed E-state index contributed by atoms with van der Waals surface area (Å²) in [5, 5.41) is 0. The van der Waals surface area contributed by atoms with Crippen molar-refractivity contribution >= 4 is 0 Å². The van der Waals surface area contributed by atoms with Gasteiger partial charge in [0.2, 0.25) is 0 Å². The molecule has 11 aromatic rings. The molecule has 1 nitrogen and oxygen atoms in total. The second-order valence-corrected chi connectivity index (χ2v) is 18.9. The molecule has 0 bridgehead atoms. The Labute approximate surface area is 424 Å². The molecule has 1 aliphatic carbocycles. The summed E-state index contributed by atoms with van der Waals surface area (Å²) in [6.07, 6.45) is 0. The van der Waals surface area contributed by atoms with E-state index in [1.165, 1.54) is 55.6 Å². The Kier molecular flexibility index (Phi) is 11.7. The number of benzene rings is 11. The highest BCUT2D eigenvalue weighted by Gasteiger charge is 2.54. The highest BCUT2D eigenvalue weighted by Crippen LogP contribution is 2.69. The summed E-state index contributed by atoms with van der Waals surface area (Å²) in [6, 6.07) is 96.2. The molecule has 72 heavy (non-hydrogen) atoms. The van der Waals surface area contributed by atoms with Crippen LogP contribution < -0.4 is 0 Å². The minimum Gasteiger partial charge on any atom is -0.361 e. The number of fused-ring (bicyclic) bond motifs is 3. The van der Waals surface area contributed by atoms with Crippen LogP contribution in [0.25, 0.3) is 100 Å². The predicted molar refractivity (Wildman–Crippen MR) is 303 cm³/mol.